The highest BCUT2D eigenvalue weighted by molar-refractivity contribution is 7.90. The number of ether oxygens (including phenoxy) is 1. The Morgan fingerprint density at radius 1 is 1.30 bits per heavy atom. The molecule has 2 N–H and O–H groups in total. The van der Waals surface area contributed by atoms with Gasteiger partial charge in [-0.1, -0.05) is 19.1 Å². The van der Waals surface area contributed by atoms with E-state index in [2.05, 4.69) is 0 Å². The number of hydrogen-bond donors (Lipinski definition) is 1. The monoisotopic (exact) mass is 299 g/mol. The summed E-state index contributed by atoms with van der Waals surface area (Å²) >= 11 is 0. The third kappa shape index (κ3) is 5.21. The van der Waals surface area contributed by atoms with E-state index < -0.39 is 21.0 Å². The molecule has 1 aromatic carbocycles. The molecule has 0 spiro atoms. The Labute approximate surface area is 120 Å². The van der Waals surface area contributed by atoms with Crippen LogP contribution in [0.25, 0.3) is 0 Å². The van der Waals surface area contributed by atoms with Crippen molar-refractivity contribution in [3.05, 3.63) is 29.8 Å². The van der Waals surface area contributed by atoms with Crippen molar-refractivity contribution in [1.82, 2.24) is 0 Å². The van der Waals surface area contributed by atoms with Crippen LogP contribution in [0.5, 0.6) is 5.75 Å². The number of amides is 1. The van der Waals surface area contributed by atoms with Crippen LogP contribution in [-0.4, -0.2) is 27.2 Å². The van der Waals surface area contributed by atoms with Gasteiger partial charge in [0.25, 0.3) is 0 Å². The Morgan fingerprint density at radius 3 is 2.35 bits per heavy atom. The highest BCUT2D eigenvalue weighted by Gasteiger charge is 2.23. The summed E-state index contributed by atoms with van der Waals surface area (Å²) in [5, 5.41) is -0.713. The van der Waals surface area contributed by atoms with Crippen LogP contribution in [0.1, 0.15) is 37.0 Å². The van der Waals surface area contributed by atoms with Crippen molar-refractivity contribution in [3.63, 3.8) is 0 Å². The van der Waals surface area contributed by atoms with Gasteiger partial charge in [0.05, 0.1) is 11.9 Å². The van der Waals surface area contributed by atoms with Crippen LogP contribution in [0.3, 0.4) is 0 Å². The summed E-state index contributed by atoms with van der Waals surface area (Å²) in [6, 6.07) is 6.93. The molecule has 0 aliphatic heterocycles. The maximum atomic E-state index is 11.8. The SMILES string of the molecule is CCCOc1ccc(C(CCC(N)=O)S(C)(=O)=O)cc1. The second-order valence-corrected chi connectivity index (χ2v) is 6.97. The fraction of sp³-hybridized carbons (Fsp3) is 0.500. The average molecular weight is 299 g/mol. The van der Waals surface area contributed by atoms with E-state index in [0.29, 0.717) is 17.9 Å². The van der Waals surface area contributed by atoms with Gasteiger partial charge in [0.1, 0.15) is 5.75 Å². The second-order valence-electron chi connectivity index (χ2n) is 4.74. The number of hydrogen-bond acceptors (Lipinski definition) is 4. The zero-order valence-electron chi connectivity index (χ0n) is 11.8. The Bertz CT molecular complexity index is 537. The minimum atomic E-state index is -3.29. The van der Waals surface area contributed by atoms with E-state index in [4.69, 9.17) is 10.5 Å². The molecule has 1 amide bonds. The second kappa shape index (κ2) is 7.28. The minimum Gasteiger partial charge on any atom is -0.494 e. The molecule has 0 aliphatic rings. The van der Waals surface area contributed by atoms with E-state index >= 15 is 0 Å². The highest BCUT2D eigenvalue weighted by atomic mass is 32.2. The first-order valence-corrected chi connectivity index (χ1v) is 8.50. The predicted octanol–water partition coefficient (Wildman–Crippen LogP) is 1.83. The van der Waals surface area contributed by atoms with Gasteiger partial charge < -0.3 is 10.5 Å². The molecule has 0 radical (unpaired) electrons. The normalized spacial score (nSPS) is 12.9. The number of primary amides is 1. The Morgan fingerprint density at radius 2 is 1.90 bits per heavy atom. The van der Waals surface area contributed by atoms with Gasteiger partial charge in [0, 0.05) is 12.7 Å². The van der Waals surface area contributed by atoms with Gasteiger partial charge in [0.2, 0.25) is 5.91 Å². The molecule has 1 aromatic rings. The molecule has 1 unspecified atom stereocenters. The highest BCUT2D eigenvalue weighted by Crippen LogP contribution is 2.28. The van der Waals surface area contributed by atoms with Gasteiger partial charge in [-0.05, 0) is 30.5 Å². The van der Waals surface area contributed by atoms with Crippen molar-refractivity contribution < 1.29 is 17.9 Å². The van der Waals surface area contributed by atoms with Crippen LogP contribution in [0.4, 0.5) is 0 Å². The largest absolute Gasteiger partial charge is 0.494 e. The summed E-state index contributed by atoms with van der Waals surface area (Å²) in [5.41, 5.74) is 5.74. The summed E-state index contributed by atoms with van der Waals surface area (Å²) in [7, 11) is -3.29. The molecule has 0 fully saturated rings. The molecule has 6 heteroatoms. The van der Waals surface area contributed by atoms with E-state index in [-0.39, 0.29) is 12.8 Å². The van der Waals surface area contributed by atoms with E-state index in [0.717, 1.165) is 6.42 Å². The molecule has 0 saturated carbocycles. The lowest BCUT2D eigenvalue weighted by Gasteiger charge is -2.15. The van der Waals surface area contributed by atoms with E-state index in [1.807, 2.05) is 6.92 Å². The van der Waals surface area contributed by atoms with Crippen LogP contribution < -0.4 is 10.5 Å². The van der Waals surface area contributed by atoms with Crippen LogP contribution in [0, 0.1) is 0 Å². The molecule has 5 nitrogen and oxygen atoms in total. The van der Waals surface area contributed by atoms with Gasteiger partial charge in [-0.2, -0.15) is 0 Å². The van der Waals surface area contributed by atoms with Crippen LogP contribution in [0.15, 0.2) is 24.3 Å². The van der Waals surface area contributed by atoms with Gasteiger partial charge >= 0.3 is 0 Å². The van der Waals surface area contributed by atoms with E-state index in [1.165, 1.54) is 6.26 Å². The molecule has 1 rings (SSSR count). The third-order valence-corrected chi connectivity index (χ3v) is 4.44. The quantitative estimate of drug-likeness (QED) is 0.793. The first-order valence-electron chi connectivity index (χ1n) is 6.54. The molecule has 0 saturated heterocycles. The topological polar surface area (TPSA) is 86.5 Å². The molecule has 0 heterocycles. The number of rotatable bonds is 8. The lowest BCUT2D eigenvalue weighted by Crippen LogP contribution is -2.16. The Balaban J connectivity index is 2.88. The van der Waals surface area contributed by atoms with Crippen molar-refractivity contribution in [3.8, 4) is 5.75 Å². The summed E-state index contributed by atoms with van der Waals surface area (Å²) in [5.74, 6) is 0.208. The van der Waals surface area contributed by atoms with Crippen LogP contribution >= 0.6 is 0 Å². The van der Waals surface area contributed by atoms with Crippen molar-refractivity contribution in [2.45, 2.75) is 31.4 Å². The first-order chi connectivity index (χ1) is 9.34. The number of nitrogens with two attached hydrogens (primary N) is 1. The summed E-state index contributed by atoms with van der Waals surface area (Å²) in [6.45, 7) is 2.63. The molecule has 20 heavy (non-hydrogen) atoms. The van der Waals surface area contributed by atoms with Gasteiger partial charge in [0.15, 0.2) is 9.84 Å². The maximum absolute atomic E-state index is 11.8. The van der Waals surface area contributed by atoms with E-state index in [1.54, 1.807) is 24.3 Å². The van der Waals surface area contributed by atoms with Crippen molar-refractivity contribution in [1.29, 1.82) is 0 Å². The zero-order chi connectivity index (χ0) is 15.2. The molecular formula is C14H21NO4S. The summed E-state index contributed by atoms with van der Waals surface area (Å²) < 4.78 is 29.1. The Kier molecular flexibility index (Phi) is 6.01. The maximum Gasteiger partial charge on any atom is 0.217 e. The van der Waals surface area contributed by atoms with Gasteiger partial charge in [-0.15, -0.1) is 0 Å². The molecule has 0 bridgehead atoms. The minimum absolute atomic E-state index is 0.0474. The van der Waals surface area contributed by atoms with Crippen LogP contribution in [-0.2, 0) is 14.6 Å². The standard InChI is InChI=1S/C14H21NO4S/c1-3-10-19-12-6-4-11(5-7-12)13(20(2,17)18)8-9-14(15)16/h4-7,13H,3,8-10H2,1-2H3,(H2,15,16). The number of sulfone groups is 1. The predicted molar refractivity (Wildman–Crippen MR) is 78.2 cm³/mol. The molecular weight excluding hydrogens is 278 g/mol. The van der Waals surface area contributed by atoms with Gasteiger partial charge in [-0.25, -0.2) is 8.42 Å². The van der Waals surface area contributed by atoms with E-state index in [9.17, 15) is 13.2 Å². The fourth-order valence-corrected chi connectivity index (χ4v) is 3.10. The first kappa shape index (κ1) is 16.5. The average Bonchev–Trinajstić information content (AvgIpc) is 2.36. The summed E-state index contributed by atoms with van der Waals surface area (Å²) in [4.78, 5) is 10.8. The van der Waals surface area contributed by atoms with Crippen molar-refractivity contribution in [2.24, 2.45) is 5.73 Å². The van der Waals surface area contributed by atoms with Crippen LogP contribution in [0.2, 0.25) is 0 Å². The molecule has 0 aromatic heterocycles. The Hall–Kier alpha value is -1.56. The molecule has 0 aliphatic carbocycles. The van der Waals surface area contributed by atoms with Crippen molar-refractivity contribution in [2.75, 3.05) is 12.9 Å². The molecule has 112 valence electrons. The zero-order valence-corrected chi connectivity index (χ0v) is 12.7. The van der Waals surface area contributed by atoms with Crippen molar-refractivity contribution >= 4 is 15.7 Å². The smallest absolute Gasteiger partial charge is 0.217 e. The lowest BCUT2D eigenvalue weighted by atomic mass is 10.1. The number of carbonyl (C=O) groups is 1. The fourth-order valence-electron chi connectivity index (χ4n) is 1.90. The molecule has 1 atom stereocenters. The number of carbonyl (C=O) groups excluding carboxylic acids is 1. The third-order valence-electron chi connectivity index (χ3n) is 2.89. The number of benzene rings is 1. The van der Waals surface area contributed by atoms with Gasteiger partial charge in [-0.3, -0.25) is 4.79 Å². The lowest BCUT2D eigenvalue weighted by molar-refractivity contribution is -0.118. The summed E-state index contributed by atoms with van der Waals surface area (Å²) in [6.07, 6.45) is 2.32.